The molecule has 5 aromatic heterocycles. The molecule has 0 saturated heterocycles. The number of aromatic nitrogens is 7. The average molecular weight is 498 g/mol. The van der Waals surface area contributed by atoms with Gasteiger partial charge in [0.2, 0.25) is 5.91 Å². The second-order valence-corrected chi connectivity index (χ2v) is 8.92. The summed E-state index contributed by atoms with van der Waals surface area (Å²) >= 11 is 0. The minimum Gasteiger partial charge on any atom is -0.339 e. The average Bonchev–Trinajstić information content (AvgIpc) is 3.53. The van der Waals surface area contributed by atoms with Crippen LogP contribution in [0.25, 0.3) is 44.8 Å². The Kier molecular flexibility index (Phi) is 6.34. The van der Waals surface area contributed by atoms with E-state index in [1.54, 1.807) is 35.8 Å². The van der Waals surface area contributed by atoms with Crippen molar-refractivity contribution in [2.24, 2.45) is 5.92 Å². The molecular weight excluding hydrogens is 470 g/mol. The molecule has 0 bridgehead atoms. The number of pyridine rings is 3. The highest BCUT2D eigenvalue weighted by Crippen LogP contribution is 2.30. The molecule has 0 spiro atoms. The third-order valence-electron chi connectivity index (χ3n) is 6.18. The van der Waals surface area contributed by atoms with Crippen LogP contribution in [0.1, 0.15) is 38.1 Å². The maximum absolute atomic E-state index is 13.1. The van der Waals surface area contributed by atoms with Crippen molar-refractivity contribution in [3.63, 3.8) is 0 Å². The van der Waals surface area contributed by atoms with Crippen molar-refractivity contribution in [3.05, 3.63) is 48.5 Å². The molecule has 0 saturated carbocycles. The van der Waals surface area contributed by atoms with Gasteiger partial charge in [-0.1, -0.05) is 13.8 Å². The van der Waals surface area contributed by atoms with Gasteiger partial charge in [0.1, 0.15) is 5.69 Å². The van der Waals surface area contributed by atoms with Gasteiger partial charge in [0.15, 0.2) is 17.1 Å². The molecule has 0 unspecified atom stereocenters. The summed E-state index contributed by atoms with van der Waals surface area (Å²) in [5, 5.41) is 10.9. The van der Waals surface area contributed by atoms with Crippen LogP contribution < -0.4 is 5.32 Å². The topological polar surface area (TPSA) is 145 Å². The Morgan fingerprint density at radius 1 is 1.03 bits per heavy atom. The normalized spacial score (nSPS) is 11.4. The van der Waals surface area contributed by atoms with E-state index >= 15 is 0 Å². The summed E-state index contributed by atoms with van der Waals surface area (Å²) in [7, 11) is 0. The highest BCUT2D eigenvalue weighted by atomic mass is 16.2. The number of nitrogens with zero attached hydrogens (tertiary/aromatic N) is 6. The maximum atomic E-state index is 13.1. The Hall–Kier alpha value is -4.67. The van der Waals surface area contributed by atoms with Gasteiger partial charge in [-0.2, -0.15) is 5.10 Å². The summed E-state index contributed by atoms with van der Waals surface area (Å²) in [6, 6.07) is 5.49. The smallest absolute Gasteiger partial charge is 0.256 e. The molecule has 2 amide bonds. The van der Waals surface area contributed by atoms with Gasteiger partial charge >= 0.3 is 0 Å². The van der Waals surface area contributed by atoms with Crippen LogP contribution in [0.2, 0.25) is 0 Å². The van der Waals surface area contributed by atoms with Gasteiger partial charge in [-0.3, -0.25) is 19.7 Å². The van der Waals surface area contributed by atoms with Crippen molar-refractivity contribution in [2.75, 3.05) is 18.4 Å². The van der Waals surface area contributed by atoms with E-state index in [0.29, 0.717) is 52.7 Å². The lowest BCUT2D eigenvalue weighted by atomic mass is 10.1. The third kappa shape index (κ3) is 4.51. The molecule has 0 radical (unpaired) electrons. The van der Waals surface area contributed by atoms with E-state index in [0.717, 1.165) is 16.5 Å². The highest BCUT2D eigenvalue weighted by Gasteiger charge is 2.20. The molecule has 0 atom stereocenters. The molecule has 0 aliphatic carbocycles. The van der Waals surface area contributed by atoms with E-state index in [1.807, 2.05) is 39.8 Å². The fourth-order valence-electron chi connectivity index (χ4n) is 4.08. The minimum absolute atomic E-state index is 0.0806. The monoisotopic (exact) mass is 497 g/mol. The molecule has 3 N–H and O–H groups in total. The van der Waals surface area contributed by atoms with Crippen molar-refractivity contribution in [1.29, 1.82) is 0 Å². The number of rotatable bonds is 7. The Morgan fingerprint density at radius 2 is 1.81 bits per heavy atom. The minimum atomic E-state index is -0.142. The summed E-state index contributed by atoms with van der Waals surface area (Å²) in [5.41, 5.74) is 4.87. The first kappa shape index (κ1) is 24.0. The molecule has 11 nitrogen and oxygen atoms in total. The van der Waals surface area contributed by atoms with Crippen LogP contribution in [0.3, 0.4) is 0 Å². The second kappa shape index (κ2) is 9.76. The number of amides is 2. The van der Waals surface area contributed by atoms with Crippen LogP contribution in [0.5, 0.6) is 0 Å². The lowest BCUT2D eigenvalue weighted by Crippen LogP contribution is -2.30. The van der Waals surface area contributed by atoms with Crippen LogP contribution in [0.15, 0.2) is 43.0 Å². The number of nitrogens with one attached hydrogen (secondary N) is 3. The Labute approximate surface area is 212 Å². The number of aromatic amines is 2. The largest absolute Gasteiger partial charge is 0.339 e. The maximum Gasteiger partial charge on any atom is 0.256 e. The number of imidazole rings is 1. The predicted octanol–water partition coefficient (Wildman–Crippen LogP) is 4.03. The standard InChI is InChI=1S/C26H27N9O2/c1-5-35(6-2)26(37)18-7-8-28-23-20(18)31-24(32-23)21-19-10-16(12-29-22(19)34-33-21)15-9-17(13-27-11-15)30-25(36)14(3)4/h7-14H,5-6H2,1-4H3,(H,30,36)(H,28,31,32)(H,29,33,34). The molecule has 0 aromatic carbocycles. The number of hydrogen-bond donors (Lipinski definition) is 3. The van der Waals surface area contributed by atoms with Gasteiger partial charge in [-0.25, -0.2) is 15.0 Å². The van der Waals surface area contributed by atoms with E-state index in [4.69, 9.17) is 0 Å². The molecule has 5 aromatic rings. The van der Waals surface area contributed by atoms with Crippen molar-refractivity contribution < 1.29 is 9.59 Å². The van der Waals surface area contributed by atoms with Gasteiger partial charge in [0.25, 0.3) is 5.91 Å². The molecule has 11 heteroatoms. The number of H-pyrrole nitrogens is 2. The Balaban J connectivity index is 1.54. The summed E-state index contributed by atoms with van der Waals surface area (Å²) in [5.74, 6) is 0.195. The van der Waals surface area contributed by atoms with Crippen molar-refractivity contribution in [1.82, 2.24) is 40.0 Å². The number of carbonyl (C=O) groups is 2. The van der Waals surface area contributed by atoms with Crippen molar-refractivity contribution in [2.45, 2.75) is 27.7 Å². The zero-order chi connectivity index (χ0) is 26.1. The highest BCUT2D eigenvalue weighted by molar-refractivity contribution is 6.05. The summed E-state index contributed by atoms with van der Waals surface area (Å²) in [6.45, 7) is 8.78. The van der Waals surface area contributed by atoms with Crippen molar-refractivity contribution in [3.8, 4) is 22.6 Å². The van der Waals surface area contributed by atoms with Crippen LogP contribution >= 0.6 is 0 Å². The summed E-state index contributed by atoms with van der Waals surface area (Å²) in [4.78, 5) is 47.9. The summed E-state index contributed by atoms with van der Waals surface area (Å²) in [6.07, 6.45) is 6.62. The molecule has 0 fully saturated rings. The van der Waals surface area contributed by atoms with E-state index in [1.165, 1.54) is 0 Å². The first-order valence-electron chi connectivity index (χ1n) is 12.1. The van der Waals surface area contributed by atoms with E-state index in [2.05, 4.69) is 40.4 Å². The van der Waals surface area contributed by atoms with Gasteiger partial charge in [-0.15, -0.1) is 0 Å². The number of anilines is 1. The zero-order valence-corrected chi connectivity index (χ0v) is 21.0. The second-order valence-electron chi connectivity index (χ2n) is 8.92. The predicted molar refractivity (Wildman–Crippen MR) is 141 cm³/mol. The van der Waals surface area contributed by atoms with Gasteiger partial charge in [-0.05, 0) is 32.0 Å². The van der Waals surface area contributed by atoms with Crippen LogP contribution in [-0.2, 0) is 4.79 Å². The molecule has 188 valence electrons. The first-order chi connectivity index (χ1) is 17.9. The van der Waals surface area contributed by atoms with Gasteiger partial charge in [0, 0.05) is 48.7 Å². The number of fused-ring (bicyclic) bond motifs is 2. The fourth-order valence-corrected chi connectivity index (χ4v) is 4.08. The quantitative estimate of drug-likeness (QED) is 0.308. The summed E-state index contributed by atoms with van der Waals surface area (Å²) < 4.78 is 0. The van der Waals surface area contributed by atoms with Crippen molar-refractivity contribution >= 4 is 39.7 Å². The number of carbonyl (C=O) groups excluding carboxylic acids is 2. The lowest BCUT2D eigenvalue weighted by molar-refractivity contribution is -0.118. The third-order valence-corrected chi connectivity index (χ3v) is 6.18. The van der Waals surface area contributed by atoms with E-state index in [9.17, 15) is 9.59 Å². The molecule has 5 heterocycles. The first-order valence-corrected chi connectivity index (χ1v) is 12.1. The Morgan fingerprint density at radius 3 is 2.57 bits per heavy atom. The zero-order valence-electron chi connectivity index (χ0n) is 21.0. The van der Waals surface area contributed by atoms with Gasteiger partial charge in [0.05, 0.1) is 28.4 Å². The van der Waals surface area contributed by atoms with Crippen LogP contribution in [0.4, 0.5) is 5.69 Å². The SMILES string of the molecule is CCN(CC)C(=O)c1ccnc2nc(-c3[nH]nc4ncc(-c5cncc(NC(=O)C(C)C)c5)cc34)[nH]c12. The van der Waals surface area contributed by atoms with E-state index < -0.39 is 0 Å². The molecular formula is C26H27N9O2. The molecule has 37 heavy (non-hydrogen) atoms. The Bertz CT molecular complexity index is 1620. The molecule has 0 aliphatic rings. The lowest BCUT2D eigenvalue weighted by Gasteiger charge is -2.18. The van der Waals surface area contributed by atoms with E-state index in [-0.39, 0.29) is 17.7 Å². The fraction of sp³-hybridized carbons (Fsp3) is 0.269. The van der Waals surface area contributed by atoms with Crippen LogP contribution in [0, 0.1) is 5.92 Å². The molecule has 5 rings (SSSR count). The van der Waals surface area contributed by atoms with Gasteiger partial charge < -0.3 is 15.2 Å². The number of hydrogen-bond acceptors (Lipinski definition) is 7. The van der Waals surface area contributed by atoms with Crippen LogP contribution in [-0.4, -0.2) is 64.9 Å². The molecule has 0 aliphatic heterocycles.